The number of piperazine rings is 1. The Labute approximate surface area is 100 Å². The minimum Gasteiger partial charge on any atom is -0.480 e. The molecule has 1 heterocycles. The van der Waals surface area contributed by atoms with Gasteiger partial charge in [0.2, 0.25) is 0 Å². The van der Waals surface area contributed by atoms with Gasteiger partial charge in [-0.25, -0.2) is 4.79 Å². The topological polar surface area (TPSA) is 82.1 Å². The summed E-state index contributed by atoms with van der Waals surface area (Å²) >= 11 is 0. The molecule has 0 unspecified atom stereocenters. The van der Waals surface area contributed by atoms with Crippen molar-refractivity contribution in [3.05, 3.63) is 0 Å². The number of nitrogens with zero attached hydrogens (tertiary/aromatic N) is 2. The van der Waals surface area contributed by atoms with E-state index in [-0.39, 0.29) is 12.6 Å². The van der Waals surface area contributed by atoms with Crippen LogP contribution in [0.2, 0.25) is 0 Å². The first-order chi connectivity index (χ1) is 8.15. The molecule has 0 saturated carbocycles. The molecule has 0 aromatic heterocycles. The monoisotopic (exact) mass is 245 g/mol. The summed E-state index contributed by atoms with van der Waals surface area (Å²) in [7, 11) is 1.52. The number of carbonyl (C=O) groups is 2. The number of carbonyl (C=O) groups excluding carboxylic acids is 1. The van der Waals surface area contributed by atoms with Crippen LogP contribution in [-0.2, 0) is 9.53 Å². The second kappa shape index (κ2) is 7.08. The Morgan fingerprint density at radius 1 is 1.41 bits per heavy atom. The zero-order valence-corrected chi connectivity index (χ0v) is 10.0. The van der Waals surface area contributed by atoms with Gasteiger partial charge in [-0.3, -0.25) is 4.79 Å². The molecule has 98 valence electrons. The first-order valence-corrected chi connectivity index (χ1v) is 5.60. The normalized spacial score (nSPS) is 15.7. The minimum absolute atomic E-state index is 0.231. The number of hydrogen-bond donors (Lipinski definition) is 2. The number of aliphatic carboxylic acids is 1. The quantitative estimate of drug-likeness (QED) is 0.652. The molecule has 7 nitrogen and oxygen atoms in total. The van der Waals surface area contributed by atoms with E-state index in [4.69, 9.17) is 9.84 Å². The molecular formula is C10H19N3O4. The van der Waals surface area contributed by atoms with E-state index in [1.807, 2.05) is 0 Å². The van der Waals surface area contributed by atoms with Crippen LogP contribution in [0.3, 0.4) is 0 Å². The van der Waals surface area contributed by atoms with Gasteiger partial charge in [-0.2, -0.15) is 0 Å². The van der Waals surface area contributed by atoms with Gasteiger partial charge in [-0.05, 0) is 0 Å². The zero-order valence-electron chi connectivity index (χ0n) is 10.0. The Kier molecular flexibility index (Phi) is 5.71. The van der Waals surface area contributed by atoms with E-state index in [0.717, 1.165) is 13.1 Å². The number of amides is 2. The molecule has 0 atom stereocenters. The van der Waals surface area contributed by atoms with Crippen LogP contribution in [0.5, 0.6) is 0 Å². The van der Waals surface area contributed by atoms with Crippen molar-refractivity contribution < 1.29 is 19.4 Å². The van der Waals surface area contributed by atoms with Gasteiger partial charge in [-0.15, -0.1) is 0 Å². The Morgan fingerprint density at radius 3 is 2.59 bits per heavy atom. The van der Waals surface area contributed by atoms with Crippen LogP contribution in [0.1, 0.15) is 0 Å². The molecule has 7 heteroatoms. The van der Waals surface area contributed by atoms with Crippen LogP contribution in [0.25, 0.3) is 0 Å². The Hall–Kier alpha value is -1.34. The predicted octanol–water partition coefficient (Wildman–Crippen LogP) is -0.955. The molecule has 0 radical (unpaired) electrons. The maximum absolute atomic E-state index is 12.0. The van der Waals surface area contributed by atoms with Crippen LogP contribution in [0.4, 0.5) is 4.79 Å². The molecule has 1 fully saturated rings. The molecule has 0 bridgehead atoms. The van der Waals surface area contributed by atoms with E-state index in [0.29, 0.717) is 26.2 Å². The van der Waals surface area contributed by atoms with Gasteiger partial charge in [0.05, 0.1) is 6.61 Å². The summed E-state index contributed by atoms with van der Waals surface area (Å²) in [5.74, 6) is -1.01. The average molecular weight is 245 g/mol. The second-order valence-electron chi connectivity index (χ2n) is 3.83. The second-order valence-corrected chi connectivity index (χ2v) is 3.83. The third-order valence-corrected chi connectivity index (χ3v) is 2.55. The first-order valence-electron chi connectivity index (χ1n) is 5.60. The first kappa shape index (κ1) is 13.7. The summed E-state index contributed by atoms with van der Waals surface area (Å²) in [5, 5.41) is 11.9. The largest absolute Gasteiger partial charge is 0.480 e. The lowest BCUT2D eigenvalue weighted by Gasteiger charge is -2.32. The number of rotatable bonds is 5. The van der Waals surface area contributed by atoms with Crippen LogP contribution in [0.15, 0.2) is 0 Å². The number of urea groups is 1. The number of ether oxygens (including phenoxy) is 1. The van der Waals surface area contributed by atoms with E-state index in [9.17, 15) is 9.59 Å². The van der Waals surface area contributed by atoms with Gasteiger partial charge in [0.15, 0.2) is 0 Å². The van der Waals surface area contributed by atoms with Crippen molar-refractivity contribution in [3.63, 3.8) is 0 Å². The van der Waals surface area contributed by atoms with Crippen molar-refractivity contribution in [3.8, 4) is 0 Å². The lowest BCUT2D eigenvalue weighted by molar-refractivity contribution is -0.137. The average Bonchev–Trinajstić information content (AvgIpc) is 2.34. The lowest BCUT2D eigenvalue weighted by Crippen LogP contribution is -2.53. The highest BCUT2D eigenvalue weighted by atomic mass is 16.5. The van der Waals surface area contributed by atoms with E-state index in [1.54, 1.807) is 4.90 Å². The van der Waals surface area contributed by atoms with Crippen molar-refractivity contribution in [2.75, 3.05) is 53.0 Å². The SMILES string of the molecule is COCCN(CC(=O)O)C(=O)N1CCNCC1. The van der Waals surface area contributed by atoms with Gasteiger partial charge < -0.3 is 25.0 Å². The lowest BCUT2D eigenvalue weighted by atomic mass is 10.3. The van der Waals surface area contributed by atoms with Gasteiger partial charge in [0.25, 0.3) is 0 Å². The van der Waals surface area contributed by atoms with E-state index >= 15 is 0 Å². The number of carboxylic acid groups (broad SMARTS) is 1. The summed E-state index contributed by atoms with van der Waals surface area (Å²) in [5.41, 5.74) is 0. The fourth-order valence-corrected chi connectivity index (χ4v) is 1.66. The van der Waals surface area contributed by atoms with Crippen molar-refractivity contribution in [1.29, 1.82) is 0 Å². The van der Waals surface area contributed by atoms with E-state index in [1.165, 1.54) is 12.0 Å². The van der Waals surface area contributed by atoms with Gasteiger partial charge >= 0.3 is 12.0 Å². The third kappa shape index (κ3) is 4.58. The Balaban J connectivity index is 2.53. The fraction of sp³-hybridized carbons (Fsp3) is 0.800. The van der Waals surface area contributed by atoms with Crippen molar-refractivity contribution in [2.45, 2.75) is 0 Å². The van der Waals surface area contributed by atoms with E-state index in [2.05, 4.69) is 5.32 Å². The maximum Gasteiger partial charge on any atom is 0.323 e. The minimum atomic E-state index is -1.01. The number of methoxy groups -OCH3 is 1. The molecule has 1 rings (SSSR count). The molecular weight excluding hydrogens is 226 g/mol. The van der Waals surface area contributed by atoms with Crippen molar-refractivity contribution in [2.24, 2.45) is 0 Å². The summed E-state index contributed by atoms with van der Waals surface area (Å²) in [6.45, 7) is 3.07. The number of hydrogen-bond acceptors (Lipinski definition) is 4. The van der Waals surface area contributed by atoms with Gasteiger partial charge in [0.1, 0.15) is 6.54 Å². The highest BCUT2D eigenvalue weighted by molar-refractivity contribution is 5.80. The Bertz CT molecular complexity index is 266. The molecule has 1 aliphatic rings. The van der Waals surface area contributed by atoms with Crippen molar-refractivity contribution >= 4 is 12.0 Å². The standard InChI is InChI=1S/C10H19N3O4/c1-17-7-6-13(8-9(14)15)10(16)12-4-2-11-3-5-12/h11H,2-8H2,1H3,(H,14,15). The van der Waals surface area contributed by atoms with Gasteiger partial charge in [0, 0.05) is 39.8 Å². The highest BCUT2D eigenvalue weighted by Crippen LogP contribution is 2.01. The van der Waals surface area contributed by atoms with E-state index < -0.39 is 5.97 Å². The summed E-state index contributed by atoms with van der Waals surface area (Å²) < 4.78 is 4.87. The predicted molar refractivity (Wildman–Crippen MR) is 60.9 cm³/mol. The zero-order chi connectivity index (χ0) is 12.7. The third-order valence-electron chi connectivity index (χ3n) is 2.55. The molecule has 2 amide bonds. The van der Waals surface area contributed by atoms with Crippen molar-refractivity contribution in [1.82, 2.24) is 15.1 Å². The van der Waals surface area contributed by atoms with Crippen LogP contribution in [-0.4, -0.2) is 79.9 Å². The molecule has 0 aliphatic carbocycles. The summed E-state index contributed by atoms with van der Waals surface area (Å²) in [4.78, 5) is 25.7. The van der Waals surface area contributed by atoms with Crippen LogP contribution < -0.4 is 5.32 Å². The highest BCUT2D eigenvalue weighted by Gasteiger charge is 2.23. The van der Waals surface area contributed by atoms with Crippen LogP contribution in [0, 0.1) is 0 Å². The number of carboxylic acids is 1. The molecule has 17 heavy (non-hydrogen) atoms. The molecule has 2 N–H and O–H groups in total. The molecule has 1 aliphatic heterocycles. The summed E-state index contributed by atoms with van der Waals surface area (Å²) in [6, 6.07) is -0.231. The molecule has 0 aromatic carbocycles. The number of nitrogens with one attached hydrogen (secondary N) is 1. The maximum atomic E-state index is 12.0. The van der Waals surface area contributed by atoms with Crippen LogP contribution >= 0.6 is 0 Å². The van der Waals surface area contributed by atoms with Gasteiger partial charge in [-0.1, -0.05) is 0 Å². The smallest absolute Gasteiger partial charge is 0.323 e. The molecule has 0 aromatic rings. The molecule has 1 saturated heterocycles. The summed E-state index contributed by atoms with van der Waals surface area (Å²) in [6.07, 6.45) is 0. The Morgan fingerprint density at radius 2 is 2.06 bits per heavy atom. The fourth-order valence-electron chi connectivity index (χ4n) is 1.66. The molecule has 0 spiro atoms.